The number of unbranched alkanes of at least 4 members (excludes halogenated alkanes) is 1. The lowest BCUT2D eigenvalue weighted by atomic mass is 10.2. The number of hydrogen-bond donors (Lipinski definition) is 0. The topological polar surface area (TPSA) is 18.5 Å². The molecule has 1 aliphatic heterocycles. The molecule has 1 aliphatic rings. The molecule has 0 aromatic rings. The summed E-state index contributed by atoms with van der Waals surface area (Å²) in [7, 11) is 0. The maximum atomic E-state index is 5.48. The van der Waals surface area contributed by atoms with E-state index < -0.39 is 0 Å². The van der Waals surface area contributed by atoms with Crippen LogP contribution in [0.3, 0.4) is 0 Å². The van der Waals surface area contributed by atoms with Crippen LogP contribution in [-0.2, 0) is 9.47 Å². The van der Waals surface area contributed by atoms with E-state index in [1.54, 1.807) is 0 Å². The summed E-state index contributed by atoms with van der Waals surface area (Å²) in [6.07, 6.45) is 6.46. The molecular formula is C10H20O2. The standard InChI is InChI=1S/C10H20O2/c1-2-3-7-11-9-6-10-5-4-8-12-10/h10H,2-9H2,1H3/t10-/m1/s1. The Hall–Kier alpha value is -0.0800. The van der Waals surface area contributed by atoms with Crippen molar-refractivity contribution in [2.45, 2.75) is 45.1 Å². The average molecular weight is 172 g/mol. The SMILES string of the molecule is CCCCOCC[C@H]1CCCO1. The summed E-state index contributed by atoms with van der Waals surface area (Å²) in [6.45, 7) is 4.94. The van der Waals surface area contributed by atoms with Gasteiger partial charge in [-0.15, -0.1) is 0 Å². The molecule has 1 saturated heterocycles. The molecule has 0 spiro atoms. The molecule has 0 N–H and O–H groups in total. The maximum Gasteiger partial charge on any atom is 0.0597 e. The third kappa shape index (κ3) is 4.07. The molecule has 2 nitrogen and oxygen atoms in total. The Kier molecular flexibility index (Phi) is 5.37. The first-order valence-electron chi connectivity index (χ1n) is 5.13. The minimum atomic E-state index is 0.492. The van der Waals surface area contributed by atoms with Gasteiger partial charge < -0.3 is 9.47 Å². The lowest BCUT2D eigenvalue weighted by Crippen LogP contribution is -2.09. The van der Waals surface area contributed by atoms with Gasteiger partial charge in [0.2, 0.25) is 0 Å². The van der Waals surface area contributed by atoms with Crippen molar-refractivity contribution in [2.75, 3.05) is 19.8 Å². The molecule has 0 saturated carbocycles. The Morgan fingerprint density at radius 1 is 1.42 bits per heavy atom. The highest BCUT2D eigenvalue weighted by Gasteiger charge is 2.14. The molecule has 0 aromatic carbocycles. The average Bonchev–Trinajstić information content (AvgIpc) is 2.57. The molecule has 0 amide bonds. The summed E-state index contributed by atoms with van der Waals surface area (Å²) < 4.78 is 10.9. The van der Waals surface area contributed by atoms with Crippen molar-refractivity contribution in [1.29, 1.82) is 0 Å². The van der Waals surface area contributed by atoms with Gasteiger partial charge >= 0.3 is 0 Å². The Labute approximate surface area is 75.2 Å². The van der Waals surface area contributed by atoms with Crippen molar-refractivity contribution in [3.05, 3.63) is 0 Å². The first kappa shape index (κ1) is 10.0. The lowest BCUT2D eigenvalue weighted by molar-refractivity contribution is 0.0585. The predicted molar refractivity (Wildman–Crippen MR) is 49.3 cm³/mol. The second-order valence-corrected chi connectivity index (χ2v) is 3.39. The Morgan fingerprint density at radius 2 is 2.33 bits per heavy atom. The van der Waals surface area contributed by atoms with Crippen LogP contribution < -0.4 is 0 Å². The molecule has 0 unspecified atom stereocenters. The highest BCUT2D eigenvalue weighted by molar-refractivity contribution is 4.63. The Bertz CT molecular complexity index is 98.0. The van der Waals surface area contributed by atoms with Crippen LogP contribution in [0.15, 0.2) is 0 Å². The number of ether oxygens (including phenoxy) is 2. The molecule has 12 heavy (non-hydrogen) atoms. The molecule has 1 heterocycles. The van der Waals surface area contributed by atoms with Crippen LogP contribution in [0.5, 0.6) is 0 Å². The molecule has 1 fully saturated rings. The van der Waals surface area contributed by atoms with Gasteiger partial charge in [-0.05, 0) is 25.7 Å². The van der Waals surface area contributed by atoms with Crippen LogP contribution in [0.25, 0.3) is 0 Å². The van der Waals surface area contributed by atoms with E-state index >= 15 is 0 Å². The zero-order valence-corrected chi connectivity index (χ0v) is 8.05. The Morgan fingerprint density at radius 3 is 3.00 bits per heavy atom. The van der Waals surface area contributed by atoms with Gasteiger partial charge in [0.05, 0.1) is 6.10 Å². The number of hydrogen-bond acceptors (Lipinski definition) is 2. The third-order valence-electron chi connectivity index (χ3n) is 2.25. The van der Waals surface area contributed by atoms with Crippen molar-refractivity contribution in [1.82, 2.24) is 0 Å². The normalized spacial score (nSPS) is 23.2. The molecule has 0 aliphatic carbocycles. The number of rotatable bonds is 6. The van der Waals surface area contributed by atoms with E-state index in [9.17, 15) is 0 Å². The van der Waals surface area contributed by atoms with E-state index in [1.165, 1.54) is 25.7 Å². The highest BCUT2D eigenvalue weighted by atomic mass is 16.5. The van der Waals surface area contributed by atoms with Gasteiger partial charge in [0.1, 0.15) is 0 Å². The van der Waals surface area contributed by atoms with E-state index in [0.29, 0.717) is 6.10 Å². The molecule has 1 atom stereocenters. The minimum Gasteiger partial charge on any atom is -0.381 e. The van der Waals surface area contributed by atoms with E-state index in [0.717, 1.165) is 26.2 Å². The van der Waals surface area contributed by atoms with E-state index in [1.807, 2.05) is 0 Å². The zero-order valence-electron chi connectivity index (χ0n) is 8.05. The van der Waals surface area contributed by atoms with Gasteiger partial charge in [0, 0.05) is 19.8 Å². The van der Waals surface area contributed by atoms with Crippen molar-refractivity contribution in [2.24, 2.45) is 0 Å². The van der Waals surface area contributed by atoms with Crippen LogP contribution in [0.2, 0.25) is 0 Å². The monoisotopic (exact) mass is 172 g/mol. The summed E-state index contributed by atoms with van der Waals surface area (Å²) in [5, 5.41) is 0. The van der Waals surface area contributed by atoms with Crippen molar-refractivity contribution < 1.29 is 9.47 Å². The van der Waals surface area contributed by atoms with Crippen molar-refractivity contribution in [3.8, 4) is 0 Å². The molecule has 0 bridgehead atoms. The van der Waals surface area contributed by atoms with Gasteiger partial charge in [-0.1, -0.05) is 13.3 Å². The third-order valence-corrected chi connectivity index (χ3v) is 2.25. The largest absolute Gasteiger partial charge is 0.381 e. The molecule has 1 rings (SSSR count). The van der Waals surface area contributed by atoms with Crippen LogP contribution in [0.4, 0.5) is 0 Å². The van der Waals surface area contributed by atoms with Crippen LogP contribution in [0, 0.1) is 0 Å². The van der Waals surface area contributed by atoms with Gasteiger partial charge in [-0.25, -0.2) is 0 Å². The maximum absolute atomic E-state index is 5.48. The van der Waals surface area contributed by atoms with Gasteiger partial charge in [0.25, 0.3) is 0 Å². The molecule has 0 radical (unpaired) electrons. The van der Waals surface area contributed by atoms with Gasteiger partial charge in [-0.2, -0.15) is 0 Å². The first-order chi connectivity index (χ1) is 5.93. The molecule has 2 heteroatoms. The summed E-state index contributed by atoms with van der Waals surface area (Å²) in [5.41, 5.74) is 0. The molecule has 72 valence electrons. The van der Waals surface area contributed by atoms with E-state index in [2.05, 4.69) is 6.92 Å². The smallest absolute Gasteiger partial charge is 0.0597 e. The van der Waals surface area contributed by atoms with Crippen molar-refractivity contribution >= 4 is 0 Å². The second kappa shape index (κ2) is 6.44. The first-order valence-corrected chi connectivity index (χ1v) is 5.13. The van der Waals surface area contributed by atoms with Crippen molar-refractivity contribution in [3.63, 3.8) is 0 Å². The van der Waals surface area contributed by atoms with E-state index in [4.69, 9.17) is 9.47 Å². The fourth-order valence-electron chi connectivity index (χ4n) is 1.44. The van der Waals surface area contributed by atoms with Crippen LogP contribution in [-0.4, -0.2) is 25.9 Å². The molecule has 0 aromatic heterocycles. The summed E-state index contributed by atoms with van der Waals surface area (Å²) in [6, 6.07) is 0. The second-order valence-electron chi connectivity index (χ2n) is 3.39. The quantitative estimate of drug-likeness (QED) is 0.573. The minimum absolute atomic E-state index is 0.492. The summed E-state index contributed by atoms with van der Waals surface area (Å²) >= 11 is 0. The Balaban J connectivity index is 1.81. The van der Waals surface area contributed by atoms with Crippen LogP contribution in [0.1, 0.15) is 39.0 Å². The molecular weight excluding hydrogens is 152 g/mol. The summed E-state index contributed by atoms with van der Waals surface area (Å²) in [4.78, 5) is 0. The predicted octanol–water partition coefficient (Wildman–Crippen LogP) is 2.37. The fraction of sp³-hybridized carbons (Fsp3) is 1.00. The summed E-state index contributed by atoms with van der Waals surface area (Å²) in [5.74, 6) is 0. The highest BCUT2D eigenvalue weighted by Crippen LogP contribution is 2.14. The van der Waals surface area contributed by atoms with E-state index in [-0.39, 0.29) is 0 Å². The fourth-order valence-corrected chi connectivity index (χ4v) is 1.44. The zero-order chi connectivity index (χ0) is 8.65. The van der Waals surface area contributed by atoms with Gasteiger partial charge in [0.15, 0.2) is 0 Å². The van der Waals surface area contributed by atoms with Crippen LogP contribution >= 0.6 is 0 Å². The lowest BCUT2D eigenvalue weighted by Gasteiger charge is -2.08. The van der Waals surface area contributed by atoms with Gasteiger partial charge in [-0.3, -0.25) is 0 Å².